The molecule has 1 N–H and O–H groups in total. The Labute approximate surface area is 185 Å². The number of thioether (sulfide) groups is 1. The first-order valence-electron chi connectivity index (χ1n) is 9.43. The molecule has 0 saturated heterocycles. The highest BCUT2D eigenvalue weighted by Gasteiger charge is 2.20. The van der Waals surface area contributed by atoms with E-state index in [2.05, 4.69) is 9.71 Å². The van der Waals surface area contributed by atoms with Gasteiger partial charge in [0.2, 0.25) is 15.8 Å². The van der Waals surface area contributed by atoms with Gasteiger partial charge in [0.1, 0.15) is 0 Å². The zero-order valence-electron chi connectivity index (χ0n) is 17.3. The Morgan fingerprint density at radius 2 is 1.81 bits per heavy atom. The molecule has 0 spiro atoms. The number of sulfonamides is 1. The van der Waals surface area contributed by atoms with Crippen LogP contribution in [0.4, 0.5) is 5.69 Å². The largest absolute Gasteiger partial charge is 0.454 e. The van der Waals surface area contributed by atoms with Crippen LogP contribution in [0, 0.1) is 6.92 Å². The Morgan fingerprint density at radius 3 is 2.48 bits per heavy atom. The number of pyridine rings is 1. The zero-order chi connectivity index (χ0) is 22.6. The van der Waals surface area contributed by atoms with Crippen LogP contribution >= 0.6 is 11.8 Å². The molecular formula is C22H22N2O5S2. The van der Waals surface area contributed by atoms with Gasteiger partial charge in [-0.1, -0.05) is 30.0 Å². The lowest BCUT2D eigenvalue weighted by atomic mass is 10.1. The van der Waals surface area contributed by atoms with Crippen molar-refractivity contribution in [1.29, 1.82) is 0 Å². The molecule has 3 rings (SSSR count). The molecule has 1 aromatic heterocycles. The molecule has 2 aromatic carbocycles. The molecule has 1 atom stereocenters. The fraction of sp³-hybridized carbons (Fsp3) is 0.227. The van der Waals surface area contributed by atoms with E-state index in [1.54, 1.807) is 0 Å². The van der Waals surface area contributed by atoms with Gasteiger partial charge in [-0.25, -0.2) is 13.4 Å². The molecule has 0 amide bonds. The lowest BCUT2D eigenvalue weighted by Crippen LogP contribution is -2.25. The smallest absolute Gasteiger partial charge is 0.317 e. The third-order valence-corrected chi connectivity index (χ3v) is 5.88. The fourth-order valence-corrected chi connectivity index (χ4v) is 4.28. The Kier molecular flexibility index (Phi) is 6.97. The number of fused-ring (bicyclic) bond motifs is 1. The topological polar surface area (TPSA) is 102 Å². The summed E-state index contributed by atoms with van der Waals surface area (Å²) < 4.78 is 30.1. The minimum Gasteiger partial charge on any atom is -0.454 e. The number of esters is 1. The summed E-state index contributed by atoms with van der Waals surface area (Å²) in [6.07, 6.45) is 0.0773. The first-order valence-corrected chi connectivity index (χ1v) is 12.3. The van der Waals surface area contributed by atoms with E-state index in [1.165, 1.54) is 43.0 Å². The van der Waals surface area contributed by atoms with Crippen molar-refractivity contribution in [2.75, 3.05) is 16.7 Å². The predicted octanol–water partition coefficient (Wildman–Crippen LogP) is 3.82. The molecule has 9 heteroatoms. The number of ketones is 1. The summed E-state index contributed by atoms with van der Waals surface area (Å²) in [6.45, 7) is 3.50. The van der Waals surface area contributed by atoms with E-state index >= 15 is 0 Å². The van der Waals surface area contributed by atoms with Crippen molar-refractivity contribution < 1.29 is 22.7 Å². The number of rotatable bonds is 8. The van der Waals surface area contributed by atoms with Crippen LogP contribution in [0.3, 0.4) is 0 Å². The van der Waals surface area contributed by atoms with Gasteiger partial charge in [0.05, 0.1) is 22.6 Å². The van der Waals surface area contributed by atoms with E-state index in [0.29, 0.717) is 16.3 Å². The highest BCUT2D eigenvalue weighted by molar-refractivity contribution is 7.99. The van der Waals surface area contributed by atoms with Gasteiger partial charge < -0.3 is 4.74 Å². The quantitative estimate of drug-likeness (QED) is 0.311. The van der Waals surface area contributed by atoms with Crippen LogP contribution in [0.25, 0.3) is 10.9 Å². The average molecular weight is 459 g/mol. The SMILES string of the molecule is Cc1cc(SCC(=O)O[C@@H](C)C(=O)c2ccc(NS(C)(=O)=O)cc2)nc2ccccc12. The van der Waals surface area contributed by atoms with E-state index < -0.39 is 22.1 Å². The van der Waals surface area contributed by atoms with Crippen LogP contribution in [0.2, 0.25) is 0 Å². The minimum atomic E-state index is -3.40. The Bertz CT molecular complexity index is 1220. The van der Waals surface area contributed by atoms with Crippen LogP contribution < -0.4 is 4.72 Å². The predicted molar refractivity (Wildman–Crippen MR) is 122 cm³/mol. The van der Waals surface area contributed by atoms with Crippen molar-refractivity contribution in [3.8, 4) is 0 Å². The normalized spacial score (nSPS) is 12.4. The van der Waals surface area contributed by atoms with Gasteiger partial charge in [-0.2, -0.15) is 0 Å². The maximum absolute atomic E-state index is 12.5. The van der Waals surface area contributed by atoms with Crippen molar-refractivity contribution in [3.05, 3.63) is 65.7 Å². The van der Waals surface area contributed by atoms with E-state index in [-0.39, 0.29) is 11.5 Å². The third-order valence-electron chi connectivity index (χ3n) is 4.39. The molecule has 0 aliphatic heterocycles. The molecule has 0 aliphatic rings. The molecule has 162 valence electrons. The second kappa shape index (κ2) is 9.49. The molecule has 0 bridgehead atoms. The first-order chi connectivity index (χ1) is 14.6. The molecular weight excluding hydrogens is 436 g/mol. The van der Waals surface area contributed by atoms with Crippen molar-refractivity contribution >= 4 is 50.1 Å². The monoisotopic (exact) mass is 458 g/mol. The lowest BCUT2D eigenvalue weighted by Gasteiger charge is -2.13. The zero-order valence-corrected chi connectivity index (χ0v) is 18.9. The van der Waals surface area contributed by atoms with Crippen LogP contribution in [0.1, 0.15) is 22.8 Å². The highest BCUT2D eigenvalue weighted by Crippen LogP contribution is 2.24. The molecule has 7 nitrogen and oxygen atoms in total. The van der Waals surface area contributed by atoms with Crippen molar-refractivity contribution in [2.24, 2.45) is 0 Å². The maximum Gasteiger partial charge on any atom is 0.317 e. The van der Waals surface area contributed by atoms with Gasteiger partial charge in [-0.05, 0) is 55.8 Å². The van der Waals surface area contributed by atoms with E-state index in [4.69, 9.17) is 4.74 Å². The van der Waals surface area contributed by atoms with Gasteiger partial charge in [-0.15, -0.1) is 0 Å². The molecule has 0 radical (unpaired) electrons. The van der Waals surface area contributed by atoms with Crippen molar-refractivity contribution in [1.82, 2.24) is 4.98 Å². The first kappa shape index (κ1) is 22.8. The molecule has 0 unspecified atom stereocenters. The Balaban J connectivity index is 1.57. The molecule has 0 aliphatic carbocycles. The molecule has 3 aromatic rings. The molecule has 31 heavy (non-hydrogen) atoms. The number of aryl methyl sites for hydroxylation is 1. The number of para-hydroxylation sites is 1. The minimum absolute atomic E-state index is 0.0274. The summed E-state index contributed by atoms with van der Waals surface area (Å²) in [5.74, 6) is -0.864. The van der Waals surface area contributed by atoms with E-state index in [9.17, 15) is 18.0 Å². The van der Waals surface area contributed by atoms with Gasteiger partial charge >= 0.3 is 5.97 Å². The van der Waals surface area contributed by atoms with Gasteiger partial charge in [0.15, 0.2) is 6.10 Å². The van der Waals surface area contributed by atoms with Crippen LogP contribution in [-0.4, -0.2) is 43.3 Å². The van der Waals surface area contributed by atoms with E-state index in [1.807, 2.05) is 37.3 Å². The third kappa shape index (κ3) is 6.28. The fourth-order valence-electron chi connectivity index (χ4n) is 2.96. The second-order valence-corrected chi connectivity index (χ2v) is 9.78. The van der Waals surface area contributed by atoms with Gasteiger partial charge in [0, 0.05) is 16.6 Å². The standard InChI is InChI=1S/C22H22N2O5S2/c1-14-12-20(23-19-7-5-4-6-18(14)19)30-13-21(25)29-15(2)22(26)16-8-10-17(11-9-16)24-31(3,27)28/h4-12,15,24H,13H2,1-3H3/t15-/m0/s1. The number of hydrogen-bond acceptors (Lipinski definition) is 7. The van der Waals surface area contributed by atoms with Crippen LogP contribution in [-0.2, 0) is 19.6 Å². The second-order valence-electron chi connectivity index (χ2n) is 7.03. The number of benzene rings is 2. The molecule has 1 heterocycles. The summed E-state index contributed by atoms with van der Waals surface area (Å²) in [5, 5.41) is 1.77. The number of hydrogen-bond donors (Lipinski definition) is 1. The van der Waals surface area contributed by atoms with Crippen LogP contribution in [0.15, 0.2) is 59.6 Å². The summed E-state index contributed by atoms with van der Waals surface area (Å²) in [6, 6.07) is 15.6. The number of anilines is 1. The van der Waals surface area contributed by atoms with Crippen molar-refractivity contribution in [3.63, 3.8) is 0 Å². The molecule has 0 fully saturated rings. The number of carbonyl (C=O) groups is 2. The highest BCUT2D eigenvalue weighted by atomic mass is 32.2. The number of Topliss-reactive ketones (excluding diaryl/α,β-unsaturated/α-hetero) is 1. The molecule has 0 saturated carbocycles. The Morgan fingerprint density at radius 1 is 1.13 bits per heavy atom. The summed E-state index contributed by atoms with van der Waals surface area (Å²) >= 11 is 1.25. The van der Waals surface area contributed by atoms with Gasteiger partial charge in [0.25, 0.3) is 0 Å². The number of carbonyl (C=O) groups excluding carboxylic acids is 2. The van der Waals surface area contributed by atoms with Crippen molar-refractivity contribution in [2.45, 2.75) is 25.0 Å². The lowest BCUT2D eigenvalue weighted by molar-refractivity contribution is -0.143. The number of aromatic nitrogens is 1. The maximum atomic E-state index is 12.5. The number of ether oxygens (including phenoxy) is 1. The number of nitrogens with zero attached hydrogens (tertiary/aromatic N) is 1. The van der Waals surface area contributed by atoms with Gasteiger partial charge in [-0.3, -0.25) is 14.3 Å². The van der Waals surface area contributed by atoms with E-state index in [0.717, 1.165) is 22.7 Å². The summed E-state index contributed by atoms with van der Waals surface area (Å²) in [4.78, 5) is 29.3. The van der Waals surface area contributed by atoms with Crippen LogP contribution in [0.5, 0.6) is 0 Å². The summed E-state index contributed by atoms with van der Waals surface area (Å²) in [5.41, 5.74) is 2.59. The number of nitrogens with one attached hydrogen (secondary N) is 1. The summed E-state index contributed by atoms with van der Waals surface area (Å²) in [7, 11) is -3.40. The average Bonchev–Trinajstić information content (AvgIpc) is 2.71. The Hall–Kier alpha value is -2.91.